The molecule has 0 radical (unpaired) electrons. The molecule has 0 spiro atoms. The van der Waals surface area contributed by atoms with Crippen LogP contribution in [0.15, 0.2) is 0 Å². The molecular weight excluding hydrogens is 272 g/mol. The Hall–Kier alpha value is -1.01. The third-order valence-electron chi connectivity index (χ3n) is 4.64. The maximum Gasteiger partial charge on any atom is 0.234 e. The normalized spacial score (nSPS) is 29.1. The SMILES string of the molecule is CCCc1nnc(NC(=O)[C@@]23CCCC[C@H]2CNC3)s1. The Kier molecular flexibility index (Phi) is 4.03. The van der Waals surface area contributed by atoms with E-state index >= 15 is 0 Å². The van der Waals surface area contributed by atoms with Gasteiger partial charge in [0.2, 0.25) is 11.0 Å². The van der Waals surface area contributed by atoms with E-state index in [-0.39, 0.29) is 11.3 Å². The number of carbonyl (C=O) groups excluding carboxylic acids is 1. The van der Waals surface area contributed by atoms with Crippen LogP contribution in [0.3, 0.4) is 0 Å². The molecule has 1 saturated heterocycles. The van der Waals surface area contributed by atoms with Crippen LogP contribution < -0.4 is 10.6 Å². The van der Waals surface area contributed by atoms with Gasteiger partial charge in [-0.25, -0.2) is 0 Å². The third kappa shape index (κ3) is 2.46. The molecule has 1 aliphatic carbocycles. The summed E-state index contributed by atoms with van der Waals surface area (Å²) in [6.45, 7) is 3.91. The van der Waals surface area contributed by atoms with Gasteiger partial charge in [-0.2, -0.15) is 0 Å². The molecular formula is C14H22N4OS. The number of aromatic nitrogens is 2. The van der Waals surface area contributed by atoms with Crippen molar-refractivity contribution < 1.29 is 4.79 Å². The molecule has 0 bridgehead atoms. The summed E-state index contributed by atoms with van der Waals surface area (Å²) in [7, 11) is 0. The van der Waals surface area contributed by atoms with E-state index in [9.17, 15) is 4.79 Å². The summed E-state index contributed by atoms with van der Waals surface area (Å²) < 4.78 is 0. The smallest absolute Gasteiger partial charge is 0.234 e. The first kappa shape index (κ1) is 13.9. The van der Waals surface area contributed by atoms with Crippen molar-refractivity contribution in [2.24, 2.45) is 11.3 Å². The highest BCUT2D eigenvalue weighted by atomic mass is 32.1. The molecule has 110 valence electrons. The van der Waals surface area contributed by atoms with Crippen LogP contribution in [0.5, 0.6) is 0 Å². The topological polar surface area (TPSA) is 66.9 Å². The molecule has 0 unspecified atom stereocenters. The molecule has 2 fully saturated rings. The Morgan fingerprint density at radius 1 is 1.50 bits per heavy atom. The van der Waals surface area contributed by atoms with E-state index < -0.39 is 0 Å². The van der Waals surface area contributed by atoms with Gasteiger partial charge in [-0.3, -0.25) is 10.1 Å². The van der Waals surface area contributed by atoms with E-state index in [1.165, 1.54) is 17.8 Å². The molecule has 2 atom stereocenters. The Bertz CT molecular complexity index is 489. The molecule has 2 heterocycles. The summed E-state index contributed by atoms with van der Waals surface area (Å²) in [5.41, 5.74) is -0.213. The number of nitrogens with one attached hydrogen (secondary N) is 2. The van der Waals surface area contributed by atoms with Crippen LogP contribution >= 0.6 is 11.3 Å². The van der Waals surface area contributed by atoms with E-state index in [0.29, 0.717) is 11.0 Å². The molecule has 1 amide bonds. The number of hydrogen-bond donors (Lipinski definition) is 2. The zero-order chi connectivity index (χ0) is 14.0. The number of carbonyl (C=O) groups is 1. The fourth-order valence-corrected chi connectivity index (χ4v) is 4.37. The third-order valence-corrected chi connectivity index (χ3v) is 5.54. The largest absolute Gasteiger partial charge is 0.315 e. The van der Waals surface area contributed by atoms with Crippen LogP contribution in [0, 0.1) is 11.3 Å². The summed E-state index contributed by atoms with van der Waals surface area (Å²) in [5, 5.41) is 16.3. The van der Waals surface area contributed by atoms with Crippen molar-refractivity contribution in [3.63, 3.8) is 0 Å². The summed E-state index contributed by atoms with van der Waals surface area (Å²) in [6.07, 6.45) is 6.56. The van der Waals surface area contributed by atoms with E-state index in [0.717, 1.165) is 50.2 Å². The van der Waals surface area contributed by atoms with Crippen molar-refractivity contribution in [2.45, 2.75) is 45.4 Å². The van der Waals surface area contributed by atoms with E-state index in [1.807, 2.05) is 0 Å². The Labute approximate surface area is 123 Å². The van der Waals surface area contributed by atoms with Gasteiger partial charge in [0.25, 0.3) is 0 Å². The predicted octanol–water partition coefficient (Wildman–Crippen LogP) is 2.21. The van der Waals surface area contributed by atoms with Gasteiger partial charge in [0.15, 0.2) is 0 Å². The van der Waals surface area contributed by atoms with Gasteiger partial charge < -0.3 is 5.32 Å². The number of hydrogen-bond acceptors (Lipinski definition) is 5. The van der Waals surface area contributed by atoms with E-state index in [2.05, 4.69) is 27.8 Å². The Morgan fingerprint density at radius 3 is 3.25 bits per heavy atom. The van der Waals surface area contributed by atoms with Gasteiger partial charge in [-0.1, -0.05) is 31.1 Å². The zero-order valence-corrected chi connectivity index (χ0v) is 12.8. The highest BCUT2D eigenvalue weighted by molar-refractivity contribution is 7.15. The zero-order valence-electron chi connectivity index (χ0n) is 11.9. The number of amides is 1. The molecule has 2 aliphatic rings. The summed E-state index contributed by atoms with van der Waals surface area (Å²) in [5.74, 6) is 0.630. The Balaban J connectivity index is 1.71. The van der Waals surface area contributed by atoms with Crippen molar-refractivity contribution >= 4 is 22.4 Å². The molecule has 1 aromatic heterocycles. The number of anilines is 1. The van der Waals surface area contributed by atoms with Crippen LogP contribution in [0.25, 0.3) is 0 Å². The molecule has 0 aromatic carbocycles. The molecule has 3 rings (SSSR count). The molecule has 5 nitrogen and oxygen atoms in total. The monoisotopic (exact) mass is 294 g/mol. The van der Waals surface area contributed by atoms with Gasteiger partial charge in [-0.05, 0) is 31.7 Å². The lowest BCUT2D eigenvalue weighted by Crippen LogP contribution is -2.44. The van der Waals surface area contributed by atoms with Crippen molar-refractivity contribution in [3.8, 4) is 0 Å². The van der Waals surface area contributed by atoms with Crippen LogP contribution in [0.1, 0.15) is 44.0 Å². The van der Waals surface area contributed by atoms with Crippen molar-refractivity contribution in [2.75, 3.05) is 18.4 Å². The molecule has 1 aromatic rings. The first-order valence-electron chi connectivity index (χ1n) is 7.59. The van der Waals surface area contributed by atoms with Crippen molar-refractivity contribution in [1.29, 1.82) is 0 Å². The predicted molar refractivity (Wildman–Crippen MR) is 79.8 cm³/mol. The molecule has 2 N–H and O–H groups in total. The molecule has 6 heteroatoms. The number of aryl methyl sites for hydroxylation is 1. The maximum absolute atomic E-state index is 12.7. The van der Waals surface area contributed by atoms with Crippen molar-refractivity contribution in [1.82, 2.24) is 15.5 Å². The first-order chi connectivity index (χ1) is 9.74. The van der Waals surface area contributed by atoms with Crippen LogP contribution in [0.2, 0.25) is 0 Å². The van der Waals surface area contributed by atoms with E-state index in [1.54, 1.807) is 0 Å². The minimum Gasteiger partial charge on any atom is -0.315 e. The summed E-state index contributed by atoms with van der Waals surface area (Å²) in [6, 6.07) is 0. The van der Waals surface area contributed by atoms with Crippen LogP contribution in [-0.4, -0.2) is 29.2 Å². The fraction of sp³-hybridized carbons (Fsp3) is 0.786. The van der Waals surface area contributed by atoms with Crippen molar-refractivity contribution in [3.05, 3.63) is 5.01 Å². The highest BCUT2D eigenvalue weighted by Gasteiger charge is 2.50. The minimum absolute atomic E-state index is 0.145. The lowest BCUT2D eigenvalue weighted by Gasteiger charge is -2.36. The standard InChI is InChI=1S/C14H22N4OS/c1-2-5-11-17-18-13(20-11)16-12(19)14-7-4-3-6-10(14)8-15-9-14/h10,15H,2-9H2,1H3,(H,16,18,19)/t10-,14+/m0/s1. The van der Waals surface area contributed by atoms with E-state index in [4.69, 9.17) is 0 Å². The summed E-state index contributed by atoms with van der Waals surface area (Å²) >= 11 is 1.51. The second kappa shape index (κ2) is 5.77. The van der Waals surface area contributed by atoms with Gasteiger partial charge in [0, 0.05) is 13.0 Å². The lowest BCUT2D eigenvalue weighted by atomic mass is 9.68. The number of nitrogens with zero attached hydrogens (tertiary/aromatic N) is 2. The van der Waals surface area contributed by atoms with Crippen LogP contribution in [-0.2, 0) is 11.2 Å². The van der Waals surface area contributed by atoms with Gasteiger partial charge >= 0.3 is 0 Å². The van der Waals surface area contributed by atoms with Crippen LogP contribution in [0.4, 0.5) is 5.13 Å². The maximum atomic E-state index is 12.7. The molecule has 1 aliphatic heterocycles. The number of fused-ring (bicyclic) bond motifs is 1. The second-order valence-corrected chi connectivity index (χ2v) is 7.00. The van der Waals surface area contributed by atoms with Gasteiger partial charge in [0.1, 0.15) is 5.01 Å². The number of rotatable bonds is 4. The highest BCUT2D eigenvalue weighted by Crippen LogP contribution is 2.44. The fourth-order valence-electron chi connectivity index (χ4n) is 3.53. The molecule has 20 heavy (non-hydrogen) atoms. The minimum atomic E-state index is -0.213. The Morgan fingerprint density at radius 2 is 2.40 bits per heavy atom. The summed E-state index contributed by atoms with van der Waals surface area (Å²) in [4.78, 5) is 12.7. The lowest BCUT2D eigenvalue weighted by molar-refractivity contribution is -0.128. The second-order valence-electron chi connectivity index (χ2n) is 5.93. The first-order valence-corrected chi connectivity index (χ1v) is 8.41. The quantitative estimate of drug-likeness (QED) is 0.893. The van der Waals surface area contributed by atoms with Gasteiger partial charge in [0.05, 0.1) is 5.41 Å². The average molecular weight is 294 g/mol. The molecule has 1 saturated carbocycles. The van der Waals surface area contributed by atoms with Gasteiger partial charge in [-0.15, -0.1) is 10.2 Å². The average Bonchev–Trinajstić information content (AvgIpc) is 3.06.